The molecule has 0 nitrogen and oxygen atoms in total. The molecule has 0 aliphatic rings. The molecule has 0 bridgehead atoms. The Morgan fingerprint density at radius 3 is 2.29 bits per heavy atom. The van der Waals surface area contributed by atoms with Gasteiger partial charge in [-0.1, -0.05) is 63.4 Å². The van der Waals surface area contributed by atoms with Crippen LogP contribution in [0, 0.1) is 5.82 Å². The molecule has 0 spiro atoms. The molecule has 88 valence electrons. The van der Waals surface area contributed by atoms with Crippen LogP contribution >= 0.6 is 39.1 Å². The third kappa shape index (κ3) is 2.82. The van der Waals surface area contributed by atoms with E-state index in [1.165, 1.54) is 12.1 Å². The number of halogens is 4. The van der Waals surface area contributed by atoms with Gasteiger partial charge < -0.3 is 0 Å². The number of hydrogen-bond donors (Lipinski definition) is 0. The van der Waals surface area contributed by atoms with Crippen LogP contribution in [0.25, 0.3) is 0 Å². The molecule has 17 heavy (non-hydrogen) atoms. The van der Waals surface area contributed by atoms with Gasteiger partial charge in [0.1, 0.15) is 5.82 Å². The average molecular weight is 334 g/mol. The highest BCUT2D eigenvalue weighted by atomic mass is 79.9. The fraction of sp³-hybridized carbons (Fsp3) is 0.0769. The van der Waals surface area contributed by atoms with E-state index in [9.17, 15) is 4.39 Å². The topological polar surface area (TPSA) is 0 Å². The maximum Gasteiger partial charge on any atom is 0.123 e. The molecule has 0 heterocycles. The first-order valence-electron chi connectivity index (χ1n) is 4.93. The van der Waals surface area contributed by atoms with Crippen molar-refractivity contribution in [2.45, 2.75) is 4.83 Å². The summed E-state index contributed by atoms with van der Waals surface area (Å²) >= 11 is 15.6. The second-order valence-electron chi connectivity index (χ2n) is 3.56. The Kier molecular flexibility index (Phi) is 4.08. The summed E-state index contributed by atoms with van der Waals surface area (Å²) in [6, 6.07) is 11.7. The molecule has 2 aromatic rings. The molecule has 1 unspecified atom stereocenters. The third-order valence-electron chi connectivity index (χ3n) is 2.42. The van der Waals surface area contributed by atoms with Crippen molar-refractivity contribution in [3.05, 3.63) is 69.5 Å². The van der Waals surface area contributed by atoms with E-state index in [1.54, 1.807) is 18.2 Å². The van der Waals surface area contributed by atoms with Crippen LogP contribution in [0.15, 0.2) is 42.5 Å². The Morgan fingerprint density at radius 2 is 1.65 bits per heavy atom. The first-order chi connectivity index (χ1) is 8.09. The summed E-state index contributed by atoms with van der Waals surface area (Å²) in [5.41, 5.74) is 1.79. The van der Waals surface area contributed by atoms with Crippen molar-refractivity contribution in [3.8, 4) is 0 Å². The van der Waals surface area contributed by atoms with Gasteiger partial charge in [0.25, 0.3) is 0 Å². The lowest BCUT2D eigenvalue weighted by Crippen LogP contribution is -1.94. The van der Waals surface area contributed by atoms with Crippen LogP contribution in [-0.4, -0.2) is 0 Å². The molecule has 0 fully saturated rings. The first-order valence-corrected chi connectivity index (χ1v) is 6.60. The zero-order valence-electron chi connectivity index (χ0n) is 8.63. The Bertz CT molecular complexity index is 525. The molecule has 0 saturated carbocycles. The summed E-state index contributed by atoms with van der Waals surface area (Å²) in [6.45, 7) is 0. The smallest absolute Gasteiger partial charge is 0.123 e. The summed E-state index contributed by atoms with van der Waals surface area (Å²) in [6.07, 6.45) is 0. The predicted molar refractivity (Wildman–Crippen MR) is 73.6 cm³/mol. The van der Waals surface area contributed by atoms with Gasteiger partial charge in [-0.15, -0.1) is 0 Å². The summed E-state index contributed by atoms with van der Waals surface area (Å²) in [4.78, 5) is -0.103. The third-order valence-corrected chi connectivity index (χ3v) is 4.27. The van der Waals surface area contributed by atoms with Crippen LogP contribution in [0.3, 0.4) is 0 Å². The van der Waals surface area contributed by atoms with E-state index in [1.807, 2.05) is 12.1 Å². The number of benzene rings is 2. The zero-order valence-corrected chi connectivity index (χ0v) is 11.7. The summed E-state index contributed by atoms with van der Waals surface area (Å²) < 4.78 is 12.8. The number of alkyl halides is 1. The Labute approximate surface area is 117 Å². The molecular weight excluding hydrogens is 326 g/mol. The minimum atomic E-state index is -0.259. The Morgan fingerprint density at radius 1 is 1.00 bits per heavy atom. The van der Waals surface area contributed by atoms with Gasteiger partial charge in [-0.2, -0.15) is 0 Å². The first kappa shape index (κ1) is 12.9. The molecule has 0 amide bonds. The van der Waals surface area contributed by atoms with E-state index in [0.29, 0.717) is 10.0 Å². The van der Waals surface area contributed by atoms with Crippen molar-refractivity contribution in [2.75, 3.05) is 0 Å². The SMILES string of the molecule is Fc1ccc(C(Br)c2cccc(Cl)c2Cl)cc1. The van der Waals surface area contributed by atoms with E-state index in [0.717, 1.165) is 11.1 Å². The predicted octanol–water partition coefficient (Wildman–Crippen LogP) is 5.62. The molecule has 4 heteroatoms. The number of hydrogen-bond acceptors (Lipinski definition) is 0. The summed E-state index contributed by atoms with van der Waals surface area (Å²) in [5.74, 6) is -0.259. The van der Waals surface area contributed by atoms with E-state index in [-0.39, 0.29) is 10.6 Å². The molecular formula is C13H8BrCl2F. The minimum Gasteiger partial charge on any atom is -0.207 e. The van der Waals surface area contributed by atoms with Gasteiger partial charge in [-0.25, -0.2) is 4.39 Å². The maximum absolute atomic E-state index is 12.8. The van der Waals surface area contributed by atoms with Gasteiger partial charge in [0, 0.05) is 0 Å². The van der Waals surface area contributed by atoms with E-state index in [4.69, 9.17) is 23.2 Å². The van der Waals surface area contributed by atoms with Gasteiger partial charge in [0.2, 0.25) is 0 Å². The van der Waals surface area contributed by atoms with Crippen molar-refractivity contribution in [2.24, 2.45) is 0 Å². The van der Waals surface area contributed by atoms with Crippen LogP contribution in [-0.2, 0) is 0 Å². The lowest BCUT2D eigenvalue weighted by molar-refractivity contribution is 0.627. The quantitative estimate of drug-likeness (QED) is 0.626. The Balaban J connectivity index is 2.40. The molecule has 2 aromatic carbocycles. The molecule has 0 aliphatic heterocycles. The zero-order chi connectivity index (χ0) is 12.4. The second-order valence-corrected chi connectivity index (χ2v) is 5.26. The highest BCUT2D eigenvalue weighted by Gasteiger charge is 2.15. The van der Waals surface area contributed by atoms with Crippen molar-refractivity contribution in [3.63, 3.8) is 0 Å². The van der Waals surface area contributed by atoms with Crippen molar-refractivity contribution < 1.29 is 4.39 Å². The molecule has 0 aliphatic carbocycles. The standard InChI is InChI=1S/C13H8BrCl2F/c14-12(8-4-6-9(17)7-5-8)10-2-1-3-11(15)13(10)16/h1-7,12H. The number of rotatable bonds is 2. The van der Waals surface area contributed by atoms with Crippen LogP contribution < -0.4 is 0 Å². The molecule has 0 aromatic heterocycles. The lowest BCUT2D eigenvalue weighted by Gasteiger charge is -2.13. The second kappa shape index (κ2) is 5.38. The monoisotopic (exact) mass is 332 g/mol. The van der Waals surface area contributed by atoms with Gasteiger partial charge >= 0.3 is 0 Å². The van der Waals surface area contributed by atoms with Gasteiger partial charge in [0.15, 0.2) is 0 Å². The van der Waals surface area contributed by atoms with Crippen LogP contribution in [0.5, 0.6) is 0 Å². The highest BCUT2D eigenvalue weighted by Crippen LogP contribution is 2.38. The average Bonchev–Trinajstić information content (AvgIpc) is 2.33. The fourth-order valence-corrected chi connectivity index (χ4v) is 2.76. The van der Waals surface area contributed by atoms with Gasteiger partial charge in [-0.3, -0.25) is 0 Å². The molecule has 0 radical (unpaired) electrons. The van der Waals surface area contributed by atoms with Crippen molar-refractivity contribution in [1.82, 2.24) is 0 Å². The largest absolute Gasteiger partial charge is 0.207 e. The summed E-state index contributed by atoms with van der Waals surface area (Å²) in [7, 11) is 0. The van der Waals surface area contributed by atoms with E-state index < -0.39 is 0 Å². The summed E-state index contributed by atoms with van der Waals surface area (Å²) in [5, 5.41) is 1.02. The van der Waals surface area contributed by atoms with Crippen LogP contribution in [0.2, 0.25) is 10.0 Å². The normalized spacial score (nSPS) is 12.5. The maximum atomic E-state index is 12.8. The van der Waals surface area contributed by atoms with E-state index >= 15 is 0 Å². The lowest BCUT2D eigenvalue weighted by atomic mass is 10.0. The molecule has 0 saturated heterocycles. The van der Waals surface area contributed by atoms with Crippen LogP contribution in [0.1, 0.15) is 16.0 Å². The van der Waals surface area contributed by atoms with Crippen molar-refractivity contribution >= 4 is 39.1 Å². The Hall–Kier alpha value is -0.570. The molecule has 0 N–H and O–H groups in total. The van der Waals surface area contributed by atoms with Crippen LogP contribution in [0.4, 0.5) is 4.39 Å². The highest BCUT2D eigenvalue weighted by molar-refractivity contribution is 9.09. The van der Waals surface area contributed by atoms with Crippen molar-refractivity contribution in [1.29, 1.82) is 0 Å². The molecule has 2 rings (SSSR count). The van der Waals surface area contributed by atoms with E-state index in [2.05, 4.69) is 15.9 Å². The fourth-order valence-electron chi connectivity index (χ4n) is 1.53. The van der Waals surface area contributed by atoms with Gasteiger partial charge in [-0.05, 0) is 29.3 Å². The minimum absolute atomic E-state index is 0.103. The molecule has 1 atom stereocenters. The van der Waals surface area contributed by atoms with Gasteiger partial charge in [0.05, 0.1) is 14.9 Å².